The molecule has 4 heteroatoms. The minimum absolute atomic E-state index is 0. The molecule has 0 heterocycles. The van der Waals surface area contributed by atoms with Crippen LogP contribution in [-0.4, -0.2) is 10.2 Å². The van der Waals surface area contributed by atoms with Gasteiger partial charge in [-0.3, -0.25) is 0 Å². The molecule has 0 aromatic heterocycles. The lowest BCUT2D eigenvalue weighted by Crippen LogP contribution is -1.81. The highest BCUT2D eigenvalue weighted by Crippen LogP contribution is 2.25. The summed E-state index contributed by atoms with van der Waals surface area (Å²) in [5, 5.41) is 18.0. The van der Waals surface area contributed by atoms with Crippen LogP contribution in [0.3, 0.4) is 0 Å². The van der Waals surface area contributed by atoms with E-state index < -0.39 is 0 Å². The number of phenolic OH excluding ortho intramolecular Hbond substituents is 2. The zero-order chi connectivity index (χ0) is 8.27. The molecular formula is C9H16BrNO2. The summed E-state index contributed by atoms with van der Waals surface area (Å²) in [5.41, 5.74) is 1.06. The van der Waals surface area contributed by atoms with Gasteiger partial charge in [0.15, 0.2) is 11.5 Å². The van der Waals surface area contributed by atoms with E-state index in [1.165, 1.54) is 6.07 Å². The fourth-order valence-electron chi connectivity index (χ4n) is 1.01. The molecule has 0 amide bonds. The van der Waals surface area contributed by atoms with E-state index in [0.717, 1.165) is 18.4 Å². The third-order valence-electron chi connectivity index (χ3n) is 1.58. The van der Waals surface area contributed by atoms with Crippen LogP contribution in [0.4, 0.5) is 0 Å². The molecule has 0 fully saturated rings. The molecule has 0 aliphatic rings. The highest BCUT2D eigenvalue weighted by Gasteiger charge is 1.98. The average Bonchev–Trinajstić information content (AvgIpc) is 1.98. The first-order valence-corrected chi connectivity index (χ1v) is 3.75. The molecule has 1 rings (SSSR count). The van der Waals surface area contributed by atoms with Gasteiger partial charge in [-0.15, -0.1) is 17.0 Å². The molecule has 3 nitrogen and oxygen atoms in total. The number of phenols is 2. The Morgan fingerprint density at radius 2 is 1.77 bits per heavy atom. The summed E-state index contributed by atoms with van der Waals surface area (Å²) >= 11 is 0. The highest BCUT2D eigenvalue weighted by atomic mass is 79.9. The van der Waals surface area contributed by atoms with Crippen molar-refractivity contribution in [2.45, 2.75) is 19.8 Å². The van der Waals surface area contributed by atoms with Crippen molar-refractivity contribution in [1.29, 1.82) is 0 Å². The van der Waals surface area contributed by atoms with Crippen molar-refractivity contribution in [2.24, 2.45) is 0 Å². The van der Waals surface area contributed by atoms with Crippen LogP contribution in [0.5, 0.6) is 11.5 Å². The van der Waals surface area contributed by atoms with Crippen LogP contribution in [0.25, 0.3) is 0 Å². The molecule has 1 aromatic rings. The van der Waals surface area contributed by atoms with Gasteiger partial charge < -0.3 is 16.4 Å². The maximum atomic E-state index is 9.08. The van der Waals surface area contributed by atoms with Crippen LogP contribution < -0.4 is 6.15 Å². The van der Waals surface area contributed by atoms with Crippen LogP contribution in [-0.2, 0) is 6.42 Å². The molecule has 0 saturated carbocycles. The second-order valence-electron chi connectivity index (χ2n) is 2.57. The Morgan fingerprint density at radius 1 is 1.15 bits per heavy atom. The van der Waals surface area contributed by atoms with Gasteiger partial charge in [0, 0.05) is 0 Å². The van der Waals surface area contributed by atoms with Crippen molar-refractivity contribution in [3.05, 3.63) is 23.8 Å². The molecule has 1 aromatic carbocycles. The van der Waals surface area contributed by atoms with Crippen LogP contribution in [0.15, 0.2) is 18.2 Å². The number of halogens is 1. The van der Waals surface area contributed by atoms with Crippen LogP contribution in [0, 0.1) is 0 Å². The molecule has 0 unspecified atom stereocenters. The number of aryl methyl sites for hydroxylation is 1. The summed E-state index contributed by atoms with van der Waals surface area (Å²) in [6.07, 6.45) is 1.98. The van der Waals surface area contributed by atoms with E-state index in [1.807, 2.05) is 6.07 Å². The van der Waals surface area contributed by atoms with Gasteiger partial charge in [0.2, 0.25) is 0 Å². The van der Waals surface area contributed by atoms with Gasteiger partial charge in [-0.05, 0) is 24.1 Å². The van der Waals surface area contributed by atoms with Crippen LogP contribution in [0.1, 0.15) is 18.9 Å². The first kappa shape index (κ1) is 14.8. The van der Waals surface area contributed by atoms with Gasteiger partial charge in [0.1, 0.15) is 0 Å². The normalized spacial score (nSPS) is 8.38. The Labute approximate surface area is 88.8 Å². The molecular weight excluding hydrogens is 234 g/mol. The standard InChI is InChI=1S/C9H12O2.BrH.H3N/c1-2-3-7-4-5-8(10)9(11)6-7;;/h4-6,10-11H,2-3H2,1H3;1H;1H3. The van der Waals surface area contributed by atoms with Crippen LogP contribution in [0.2, 0.25) is 0 Å². The van der Waals surface area contributed by atoms with E-state index in [9.17, 15) is 0 Å². The summed E-state index contributed by atoms with van der Waals surface area (Å²) in [7, 11) is 0. The Kier molecular flexibility index (Phi) is 7.66. The average molecular weight is 250 g/mol. The molecule has 0 atom stereocenters. The molecule has 76 valence electrons. The maximum absolute atomic E-state index is 9.08. The first-order valence-electron chi connectivity index (χ1n) is 3.75. The van der Waals surface area contributed by atoms with Gasteiger partial charge in [-0.1, -0.05) is 19.4 Å². The maximum Gasteiger partial charge on any atom is 0.157 e. The van der Waals surface area contributed by atoms with E-state index >= 15 is 0 Å². The van der Waals surface area contributed by atoms with Crippen molar-refractivity contribution in [2.75, 3.05) is 0 Å². The van der Waals surface area contributed by atoms with Crippen molar-refractivity contribution >= 4 is 17.0 Å². The van der Waals surface area contributed by atoms with E-state index in [-0.39, 0.29) is 34.6 Å². The highest BCUT2D eigenvalue weighted by molar-refractivity contribution is 8.93. The minimum Gasteiger partial charge on any atom is -0.504 e. The Balaban J connectivity index is 0. The lowest BCUT2D eigenvalue weighted by atomic mass is 10.1. The molecule has 0 aliphatic heterocycles. The third kappa shape index (κ3) is 4.15. The van der Waals surface area contributed by atoms with Gasteiger partial charge in [-0.25, -0.2) is 0 Å². The molecule has 0 saturated heterocycles. The summed E-state index contributed by atoms with van der Waals surface area (Å²) in [6.45, 7) is 2.07. The monoisotopic (exact) mass is 249 g/mol. The molecule has 0 aliphatic carbocycles. The number of hydrogen-bond acceptors (Lipinski definition) is 3. The third-order valence-corrected chi connectivity index (χ3v) is 1.58. The Morgan fingerprint density at radius 3 is 2.23 bits per heavy atom. The Hall–Kier alpha value is -0.740. The van der Waals surface area contributed by atoms with Crippen molar-refractivity contribution in [1.82, 2.24) is 6.15 Å². The fourth-order valence-corrected chi connectivity index (χ4v) is 1.01. The van der Waals surface area contributed by atoms with Gasteiger partial charge in [0.05, 0.1) is 0 Å². The van der Waals surface area contributed by atoms with E-state index in [1.54, 1.807) is 6.07 Å². The van der Waals surface area contributed by atoms with E-state index in [4.69, 9.17) is 10.2 Å². The first-order chi connectivity index (χ1) is 5.24. The summed E-state index contributed by atoms with van der Waals surface area (Å²) in [5.74, 6) is -0.0826. The zero-order valence-corrected chi connectivity index (χ0v) is 9.37. The second kappa shape index (κ2) is 6.74. The van der Waals surface area contributed by atoms with Gasteiger partial charge in [-0.2, -0.15) is 0 Å². The number of aromatic hydroxyl groups is 2. The minimum atomic E-state index is -0.0511. The predicted molar refractivity (Wildman–Crippen MR) is 59.1 cm³/mol. The van der Waals surface area contributed by atoms with Crippen LogP contribution >= 0.6 is 17.0 Å². The molecule has 0 spiro atoms. The van der Waals surface area contributed by atoms with E-state index in [0.29, 0.717) is 0 Å². The SMILES string of the molecule is Br.CCCc1ccc(O)c(O)c1.N. The summed E-state index contributed by atoms with van der Waals surface area (Å²) < 4.78 is 0. The lowest BCUT2D eigenvalue weighted by Gasteiger charge is -2.00. The molecule has 5 N–H and O–H groups in total. The Bertz CT molecular complexity index is 253. The topological polar surface area (TPSA) is 75.5 Å². The summed E-state index contributed by atoms with van der Waals surface area (Å²) in [6, 6.07) is 4.93. The predicted octanol–water partition coefficient (Wildman–Crippen LogP) is 2.79. The quantitative estimate of drug-likeness (QED) is 0.706. The second-order valence-corrected chi connectivity index (χ2v) is 2.57. The number of rotatable bonds is 2. The van der Waals surface area contributed by atoms with Crippen molar-refractivity contribution < 1.29 is 10.2 Å². The largest absolute Gasteiger partial charge is 0.504 e. The van der Waals surface area contributed by atoms with E-state index in [2.05, 4.69) is 6.92 Å². The zero-order valence-electron chi connectivity index (χ0n) is 7.66. The lowest BCUT2D eigenvalue weighted by molar-refractivity contribution is 0.403. The van der Waals surface area contributed by atoms with Gasteiger partial charge in [0.25, 0.3) is 0 Å². The summed E-state index contributed by atoms with van der Waals surface area (Å²) in [4.78, 5) is 0. The van der Waals surface area contributed by atoms with Crippen molar-refractivity contribution in [3.8, 4) is 11.5 Å². The van der Waals surface area contributed by atoms with Gasteiger partial charge >= 0.3 is 0 Å². The smallest absolute Gasteiger partial charge is 0.157 e. The molecule has 13 heavy (non-hydrogen) atoms. The molecule has 0 radical (unpaired) electrons. The molecule has 0 bridgehead atoms. The number of hydrogen-bond donors (Lipinski definition) is 3. The number of benzene rings is 1. The van der Waals surface area contributed by atoms with Crippen molar-refractivity contribution in [3.63, 3.8) is 0 Å². The fraction of sp³-hybridized carbons (Fsp3) is 0.333.